The van der Waals surface area contributed by atoms with Gasteiger partial charge in [-0.15, -0.1) is 0 Å². The Morgan fingerprint density at radius 2 is 2.14 bits per heavy atom. The zero-order chi connectivity index (χ0) is 15.5. The normalized spacial score (nSPS) is 26.7. The van der Waals surface area contributed by atoms with Crippen molar-refractivity contribution in [2.45, 2.75) is 52.6 Å². The summed E-state index contributed by atoms with van der Waals surface area (Å²) in [5.41, 5.74) is 9.26. The summed E-state index contributed by atoms with van der Waals surface area (Å²) in [7, 11) is 0. The number of rotatable bonds is 3. The summed E-state index contributed by atoms with van der Waals surface area (Å²) >= 11 is 0. The molecule has 1 saturated carbocycles. The highest BCUT2D eigenvalue weighted by Gasteiger charge is 2.35. The van der Waals surface area contributed by atoms with Crippen molar-refractivity contribution in [1.29, 1.82) is 0 Å². The number of aliphatic hydroxyl groups is 1. The lowest BCUT2D eigenvalue weighted by Crippen LogP contribution is -2.39. The molecule has 1 aliphatic rings. The Morgan fingerprint density at radius 3 is 2.81 bits per heavy atom. The van der Waals surface area contributed by atoms with Gasteiger partial charge >= 0.3 is 0 Å². The SMILES string of the molecule is Cc1ccc(NC(N)=NCC2(C)CCCCC2O)cc1C. The molecular weight excluding hydrogens is 262 g/mol. The van der Waals surface area contributed by atoms with Crippen LogP contribution < -0.4 is 11.1 Å². The molecule has 1 aromatic carbocycles. The van der Waals surface area contributed by atoms with Gasteiger partial charge in [0.1, 0.15) is 0 Å². The molecule has 116 valence electrons. The van der Waals surface area contributed by atoms with Gasteiger partial charge in [-0.25, -0.2) is 0 Å². The summed E-state index contributed by atoms with van der Waals surface area (Å²) in [6, 6.07) is 6.13. The quantitative estimate of drug-likeness (QED) is 0.592. The van der Waals surface area contributed by atoms with Crippen molar-refractivity contribution in [1.82, 2.24) is 0 Å². The van der Waals surface area contributed by atoms with Crippen LogP contribution in [0, 0.1) is 19.3 Å². The molecule has 4 heteroatoms. The van der Waals surface area contributed by atoms with E-state index in [9.17, 15) is 5.11 Å². The molecule has 1 fully saturated rings. The minimum atomic E-state index is -0.274. The molecule has 0 aliphatic heterocycles. The average molecular weight is 289 g/mol. The van der Waals surface area contributed by atoms with E-state index in [1.165, 1.54) is 11.1 Å². The van der Waals surface area contributed by atoms with E-state index in [1.807, 2.05) is 6.07 Å². The van der Waals surface area contributed by atoms with Gasteiger partial charge in [0.05, 0.1) is 12.6 Å². The molecule has 2 rings (SSSR count). The highest BCUT2D eigenvalue weighted by atomic mass is 16.3. The zero-order valence-electron chi connectivity index (χ0n) is 13.3. The van der Waals surface area contributed by atoms with E-state index >= 15 is 0 Å². The second kappa shape index (κ2) is 6.48. The van der Waals surface area contributed by atoms with Gasteiger partial charge in [0.25, 0.3) is 0 Å². The second-order valence-corrected chi connectivity index (χ2v) is 6.54. The number of guanidine groups is 1. The van der Waals surface area contributed by atoms with Gasteiger partial charge in [0.2, 0.25) is 0 Å². The molecule has 4 nitrogen and oxygen atoms in total. The smallest absolute Gasteiger partial charge is 0.193 e. The van der Waals surface area contributed by atoms with Crippen LogP contribution in [0.1, 0.15) is 43.7 Å². The topological polar surface area (TPSA) is 70.6 Å². The lowest BCUT2D eigenvalue weighted by atomic mass is 9.73. The number of hydrogen-bond acceptors (Lipinski definition) is 2. The van der Waals surface area contributed by atoms with E-state index in [0.717, 1.165) is 31.4 Å². The molecule has 2 unspecified atom stereocenters. The standard InChI is InChI=1S/C17H27N3O/c1-12-7-8-14(10-13(12)2)20-16(18)19-11-17(3)9-5-4-6-15(17)21/h7-8,10,15,21H,4-6,9,11H2,1-3H3,(H3,18,19,20). The first-order valence-corrected chi connectivity index (χ1v) is 7.73. The third-order valence-corrected chi connectivity index (χ3v) is 4.67. The van der Waals surface area contributed by atoms with Crippen LogP contribution in [0.3, 0.4) is 0 Å². The summed E-state index contributed by atoms with van der Waals surface area (Å²) < 4.78 is 0. The molecule has 0 bridgehead atoms. The van der Waals surface area contributed by atoms with Gasteiger partial charge in [0, 0.05) is 11.1 Å². The van der Waals surface area contributed by atoms with Gasteiger partial charge in [-0.05, 0) is 49.9 Å². The molecule has 1 aromatic rings. The Bertz CT molecular complexity index is 527. The lowest BCUT2D eigenvalue weighted by Gasteiger charge is -2.37. The highest BCUT2D eigenvalue weighted by Crippen LogP contribution is 2.36. The second-order valence-electron chi connectivity index (χ2n) is 6.54. The summed E-state index contributed by atoms with van der Waals surface area (Å²) in [5, 5.41) is 13.3. The Labute approximate surface area is 127 Å². The van der Waals surface area contributed by atoms with E-state index < -0.39 is 0 Å². The van der Waals surface area contributed by atoms with Gasteiger partial charge in [-0.2, -0.15) is 0 Å². The number of anilines is 1. The molecule has 21 heavy (non-hydrogen) atoms. The van der Waals surface area contributed by atoms with Crippen LogP contribution in [0.25, 0.3) is 0 Å². The predicted octanol–water partition coefficient (Wildman–Crippen LogP) is 2.97. The molecule has 0 heterocycles. The van der Waals surface area contributed by atoms with Crippen molar-refractivity contribution < 1.29 is 5.11 Å². The van der Waals surface area contributed by atoms with Crippen molar-refractivity contribution in [3.63, 3.8) is 0 Å². The fraction of sp³-hybridized carbons (Fsp3) is 0.588. The molecular formula is C17H27N3O. The molecule has 0 saturated heterocycles. The van der Waals surface area contributed by atoms with E-state index in [-0.39, 0.29) is 11.5 Å². The molecule has 0 spiro atoms. The van der Waals surface area contributed by atoms with E-state index in [2.05, 4.69) is 43.2 Å². The maximum Gasteiger partial charge on any atom is 0.193 e. The first-order valence-electron chi connectivity index (χ1n) is 7.73. The van der Waals surface area contributed by atoms with Gasteiger partial charge in [-0.1, -0.05) is 25.8 Å². The number of aryl methyl sites for hydroxylation is 2. The molecule has 0 amide bonds. The minimum Gasteiger partial charge on any atom is -0.392 e. The van der Waals surface area contributed by atoms with Crippen molar-refractivity contribution in [3.05, 3.63) is 29.3 Å². The Hall–Kier alpha value is -1.55. The number of aliphatic hydroxyl groups excluding tert-OH is 1. The number of hydrogen-bond donors (Lipinski definition) is 3. The molecule has 4 N–H and O–H groups in total. The van der Waals surface area contributed by atoms with Crippen molar-refractivity contribution >= 4 is 11.6 Å². The minimum absolute atomic E-state index is 0.145. The lowest BCUT2D eigenvalue weighted by molar-refractivity contribution is 0.00724. The highest BCUT2D eigenvalue weighted by molar-refractivity contribution is 5.92. The maximum atomic E-state index is 10.2. The molecule has 1 aliphatic carbocycles. The van der Waals surface area contributed by atoms with Crippen LogP contribution in [0.4, 0.5) is 5.69 Å². The first-order chi connectivity index (χ1) is 9.90. The maximum absolute atomic E-state index is 10.2. The van der Waals surface area contributed by atoms with Crippen LogP contribution in [0.2, 0.25) is 0 Å². The van der Waals surface area contributed by atoms with Crippen LogP contribution >= 0.6 is 0 Å². The Balaban J connectivity index is 1.99. The monoisotopic (exact) mass is 289 g/mol. The van der Waals surface area contributed by atoms with Gasteiger partial charge in [-0.3, -0.25) is 4.99 Å². The number of benzene rings is 1. The van der Waals surface area contributed by atoms with Gasteiger partial charge in [0.15, 0.2) is 5.96 Å². The molecule has 0 radical (unpaired) electrons. The van der Waals surface area contributed by atoms with E-state index in [0.29, 0.717) is 12.5 Å². The number of aliphatic imine (C=N–C) groups is 1. The number of nitrogens with two attached hydrogens (primary N) is 1. The van der Waals surface area contributed by atoms with E-state index in [4.69, 9.17) is 5.73 Å². The predicted molar refractivity (Wildman–Crippen MR) is 88.6 cm³/mol. The molecule has 2 atom stereocenters. The van der Waals surface area contributed by atoms with E-state index in [1.54, 1.807) is 0 Å². The van der Waals surface area contributed by atoms with Crippen molar-refractivity contribution in [3.8, 4) is 0 Å². The first kappa shape index (κ1) is 15.8. The zero-order valence-corrected chi connectivity index (χ0v) is 13.3. The Kier molecular flexibility index (Phi) is 4.88. The van der Waals surface area contributed by atoms with Crippen LogP contribution in [-0.4, -0.2) is 23.7 Å². The third-order valence-electron chi connectivity index (χ3n) is 4.67. The van der Waals surface area contributed by atoms with Crippen molar-refractivity contribution in [2.24, 2.45) is 16.1 Å². The van der Waals surface area contributed by atoms with Crippen LogP contribution in [0.5, 0.6) is 0 Å². The largest absolute Gasteiger partial charge is 0.392 e. The van der Waals surface area contributed by atoms with Crippen LogP contribution in [-0.2, 0) is 0 Å². The fourth-order valence-electron chi connectivity index (χ4n) is 2.84. The van der Waals surface area contributed by atoms with Gasteiger partial charge < -0.3 is 16.2 Å². The molecule has 0 aromatic heterocycles. The number of nitrogens with zero attached hydrogens (tertiary/aromatic N) is 1. The third kappa shape index (κ3) is 3.97. The summed E-state index contributed by atoms with van der Waals surface area (Å²) in [6.07, 6.45) is 3.87. The van der Waals surface area contributed by atoms with Crippen LogP contribution in [0.15, 0.2) is 23.2 Å². The summed E-state index contributed by atoms with van der Waals surface area (Å²) in [5.74, 6) is 0.414. The summed E-state index contributed by atoms with van der Waals surface area (Å²) in [4.78, 5) is 4.44. The van der Waals surface area contributed by atoms with Crippen molar-refractivity contribution in [2.75, 3.05) is 11.9 Å². The summed E-state index contributed by atoms with van der Waals surface area (Å²) in [6.45, 7) is 6.83. The average Bonchev–Trinajstić information content (AvgIpc) is 2.44. The Morgan fingerprint density at radius 1 is 1.38 bits per heavy atom. The fourth-order valence-corrected chi connectivity index (χ4v) is 2.84. The number of nitrogens with one attached hydrogen (secondary N) is 1.